The monoisotopic (exact) mass is 411 g/mol. The molecular formula is C22H29N5O3. The highest BCUT2D eigenvalue weighted by atomic mass is 16.5. The van der Waals surface area contributed by atoms with Crippen LogP contribution < -0.4 is 15.5 Å². The molecule has 0 unspecified atom stereocenters. The van der Waals surface area contributed by atoms with Crippen LogP contribution in [-0.2, 0) is 16.0 Å². The van der Waals surface area contributed by atoms with E-state index in [0.29, 0.717) is 12.3 Å². The zero-order valence-corrected chi connectivity index (χ0v) is 17.6. The Bertz CT molecular complexity index is 919. The van der Waals surface area contributed by atoms with Crippen LogP contribution in [0.25, 0.3) is 0 Å². The lowest BCUT2D eigenvalue weighted by Crippen LogP contribution is -2.41. The molecule has 0 saturated carbocycles. The van der Waals surface area contributed by atoms with Gasteiger partial charge in [0.25, 0.3) is 0 Å². The number of likely N-dealkylation sites (tertiary alicyclic amines) is 1. The average Bonchev–Trinajstić information content (AvgIpc) is 3.40. The first-order valence-electron chi connectivity index (χ1n) is 10.6. The molecule has 1 fully saturated rings. The summed E-state index contributed by atoms with van der Waals surface area (Å²) in [5.74, 6) is -0.603. The topological polar surface area (TPSA) is 90.7 Å². The predicted octanol–water partition coefficient (Wildman–Crippen LogP) is 2.26. The Morgan fingerprint density at radius 2 is 1.93 bits per heavy atom. The van der Waals surface area contributed by atoms with Crippen molar-refractivity contribution in [2.75, 3.05) is 43.4 Å². The minimum atomic E-state index is -0.740. The van der Waals surface area contributed by atoms with Crippen LogP contribution in [0.4, 0.5) is 11.5 Å². The number of anilines is 2. The summed E-state index contributed by atoms with van der Waals surface area (Å²) in [6.07, 6.45) is 4.54. The highest BCUT2D eigenvalue weighted by molar-refractivity contribution is 6.39. The summed E-state index contributed by atoms with van der Waals surface area (Å²) in [4.78, 5) is 29.3. The molecule has 0 radical (unpaired) electrons. The number of nitrogens with one attached hydrogen (secondary N) is 2. The molecule has 8 nitrogen and oxygen atoms in total. The average molecular weight is 412 g/mol. The normalized spacial score (nSPS) is 17.5. The molecule has 0 aliphatic carbocycles. The fourth-order valence-electron chi connectivity index (χ4n) is 4.39. The van der Waals surface area contributed by atoms with Gasteiger partial charge in [0.05, 0.1) is 6.04 Å². The summed E-state index contributed by atoms with van der Waals surface area (Å²) in [7, 11) is 2.13. The fraction of sp³-hybridized carbons (Fsp3) is 0.500. The van der Waals surface area contributed by atoms with Gasteiger partial charge in [-0.25, -0.2) is 0 Å². The Kier molecular flexibility index (Phi) is 6.03. The number of carbonyl (C=O) groups excluding carboxylic acids is 2. The third-order valence-corrected chi connectivity index (χ3v) is 5.95. The number of amides is 2. The van der Waals surface area contributed by atoms with Gasteiger partial charge in [0.1, 0.15) is 5.76 Å². The summed E-state index contributed by atoms with van der Waals surface area (Å²) in [6, 6.07) is 8.25. The van der Waals surface area contributed by atoms with Gasteiger partial charge < -0.3 is 14.7 Å². The van der Waals surface area contributed by atoms with Gasteiger partial charge in [0, 0.05) is 31.9 Å². The molecule has 2 N–H and O–H groups in total. The summed E-state index contributed by atoms with van der Waals surface area (Å²) in [6.45, 7) is 5.19. The Morgan fingerprint density at radius 3 is 2.67 bits per heavy atom. The third-order valence-electron chi connectivity index (χ3n) is 5.95. The minimum Gasteiger partial charge on any atom is -0.374 e. The van der Waals surface area contributed by atoms with Crippen LogP contribution in [-0.4, -0.2) is 55.1 Å². The lowest BCUT2D eigenvalue weighted by Gasteiger charge is -2.31. The van der Waals surface area contributed by atoms with E-state index in [9.17, 15) is 9.59 Å². The Labute approximate surface area is 176 Å². The molecule has 0 bridgehead atoms. The number of aromatic nitrogens is 1. The van der Waals surface area contributed by atoms with Crippen LogP contribution in [0.3, 0.4) is 0 Å². The Hall–Kier alpha value is -2.87. The Morgan fingerprint density at radius 1 is 1.13 bits per heavy atom. The second kappa shape index (κ2) is 8.87. The number of rotatable bonds is 5. The molecule has 8 heteroatoms. The van der Waals surface area contributed by atoms with Gasteiger partial charge in [-0.2, -0.15) is 0 Å². The summed E-state index contributed by atoms with van der Waals surface area (Å²) >= 11 is 0. The molecule has 3 heterocycles. The first-order chi connectivity index (χ1) is 14.5. The van der Waals surface area contributed by atoms with Crippen LogP contribution >= 0.6 is 0 Å². The second-order valence-electron chi connectivity index (χ2n) is 8.16. The standard InChI is InChI=1S/C22H29N5O3/c1-15-12-20(25-30-15)24-22(29)21(28)23-14-19(27-10-3-4-11-27)17-7-8-18-16(13-17)6-5-9-26(18)2/h7-8,12-13,19H,3-6,9-11,14H2,1-2H3,(H,23,28)(H,24,25,29)/t19-/m0/s1. The van der Waals surface area contributed by atoms with Gasteiger partial charge in [-0.3, -0.25) is 19.8 Å². The molecule has 2 amide bonds. The second-order valence-corrected chi connectivity index (χ2v) is 8.16. The van der Waals surface area contributed by atoms with E-state index in [2.05, 4.69) is 50.8 Å². The molecule has 1 atom stereocenters. The maximum absolute atomic E-state index is 12.4. The summed E-state index contributed by atoms with van der Waals surface area (Å²) < 4.78 is 4.92. The van der Waals surface area contributed by atoms with Gasteiger partial charge in [-0.05, 0) is 62.9 Å². The van der Waals surface area contributed by atoms with Crippen LogP contribution in [0.1, 0.15) is 42.2 Å². The van der Waals surface area contributed by atoms with Gasteiger partial charge >= 0.3 is 11.8 Å². The van der Waals surface area contributed by atoms with E-state index in [1.54, 1.807) is 13.0 Å². The molecular weight excluding hydrogens is 382 g/mol. The van der Waals surface area contributed by atoms with Gasteiger partial charge in [-0.1, -0.05) is 17.3 Å². The molecule has 2 aromatic rings. The molecule has 2 aliphatic rings. The molecule has 0 spiro atoms. The minimum absolute atomic E-state index is 0.0519. The van der Waals surface area contributed by atoms with E-state index in [1.165, 1.54) is 16.8 Å². The predicted molar refractivity (Wildman–Crippen MR) is 114 cm³/mol. The van der Waals surface area contributed by atoms with Crippen LogP contribution in [0.15, 0.2) is 28.8 Å². The summed E-state index contributed by atoms with van der Waals surface area (Å²) in [5, 5.41) is 8.97. The van der Waals surface area contributed by atoms with Crippen molar-refractivity contribution in [3.63, 3.8) is 0 Å². The number of hydrogen-bond acceptors (Lipinski definition) is 6. The number of fused-ring (bicyclic) bond motifs is 1. The maximum atomic E-state index is 12.4. The van der Waals surface area contributed by atoms with Crippen molar-refractivity contribution in [2.45, 2.75) is 38.6 Å². The number of nitrogens with zero attached hydrogens (tertiary/aromatic N) is 3. The van der Waals surface area contributed by atoms with Crippen molar-refractivity contribution in [1.29, 1.82) is 0 Å². The molecule has 160 valence electrons. The summed E-state index contributed by atoms with van der Waals surface area (Å²) in [5.41, 5.74) is 3.84. The van der Waals surface area contributed by atoms with Crippen LogP contribution in [0.2, 0.25) is 0 Å². The number of carbonyl (C=O) groups is 2. The molecule has 1 saturated heterocycles. The van der Waals surface area contributed by atoms with Crippen molar-refractivity contribution in [2.24, 2.45) is 0 Å². The maximum Gasteiger partial charge on any atom is 0.314 e. The third kappa shape index (κ3) is 4.48. The zero-order chi connectivity index (χ0) is 21.1. The SMILES string of the molecule is Cc1cc(NC(=O)C(=O)NC[C@@H](c2ccc3c(c2)CCCN3C)N2CCCC2)no1. The van der Waals surface area contributed by atoms with E-state index in [0.717, 1.165) is 45.3 Å². The zero-order valence-electron chi connectivity index (χ0n) is 17.6. The fourth-order valence-corrected chi connectivity index (χ4v) is 4.39. The quantitative estimate of drug-likeness (QED) is 0.734. The van der Waals surface area contributed by atoms with Crippen LogP contribution in [0, 0.1) is 6.92 Å². The first-order valence-corrected chi connectivity index (χ1v) is 10.6. The Balaban J connectivity index is 1.45. The molecule has 4 rings (SSSR count). The van der Waals surface area contributed by atoms with Crippen molar-refractivity contribution in [1.82, 2.24) is 15.4 Å². The highest BCUT2D eigenvalue weighted by Gasteiger charge is 2.26. The largest absolute Gasteiger partial charge is 0.374 e. The number of aryl methyl sites for hydroxylation is 2. The number of benzene rings is 1. The first kappa shape index (κ1) is 20.4. The van der Waals surface area contributed by atoms with Gasteiger partial charge in [0.2, 0.25) is 0 Å². The van der Waals surface area contributed by atoms with E-state index >= 15 is 0 Å². The van der Waals surface area contributed by atoms with Crippen molar-refractivity contribution < 1.29 is 14.1 Å². The molecule has 2 aliphatic heterocycles. The van der Waals surface area contributed by atoms with Gasteiger partial charge in [0.15, 0.2) is 5.82 Å². The van der Waals surface area contributed by atoms with E-state index in [1.807, 2.05) is 0 Å². The van der Waals surface area contributed by atoms with E-state index in [4.69, 9.17) is 4.52 Å². The van der Waals surface area contributed by atoms with E-state index < -0.39 is 11.8 Å². The smallest absolute Gasteiger partial charge is 0.314 e. The molecule has 1 aromatic carbocycles. The van der Waals surface area contributed by atoms with Gasteiger partial charge in [-0.15, -0.1) is 0 Å². The van der Waals surface area contributed by atoms with Crippen molar-refractivity contribution in [3.05, 3.63) is 41.2 Å². The molecule has 1 aromatic heterocycles. The molecule has 30 heavy (non-hydrogen) atoms. The number of hydrogen-bond donors (Lipinski definition) is 2. The lowest BCUT2D eigenvalue weighted by molar-refractivity contribution is -0.136. The lowest BCUT2D eigenvalue weighted by atomic mass is 9.96. The van der Waals surface area contributed by atoms with E-state index in [-0.39, 0.29) is 11.9 Å². The van der Waals surface area contributed by atoms with Crippen LogP contribution in [0.5, 0.6) is 0 Å². The highest BCUT2D eigenvalue weighted by Crippen LogP contribution is 2.31. The van der Waals surface area contributed by atoms with Crippen molar-refractivity contribution in [3.8, 4) is 0 Å². The van der Waals surface area contributed by atoms with Crippen molar-refractivity contribution >= 4 is 23.3 Å².